The van der Waals surface area contributed by atoms with Crippen LogP contribution in [0.1, 0.15) is 40.9 Å². The third-order valence-electron chi connectivity index (χ3n) is 6.42. The molecule has 1 saturated carbocycles. The van der Waals surface area contributed by atoms with Crippen LogP contribution in [0.4, 0.5) is 8.78 Å². The highest BCUT2D eigenvalue weighted by Crippen LogP contribution is 2.53. The highest BCUT2D eigenvalue weighted by molar-refractivity contribution is 7.20. The van der Waals surface area contributed by atoms with Gasteiger partial charge in [0.2, 0.25) is 0 Å². The number of carbonyl (C=O) groups excluding carboxylic acids is 1. The molecule has 132 valence electrons. The Morgan fingerprint density at radius 1 is 1.28 bits per heavy atom. The monoisotopic (exact) mass is 362 g/mol. The number of amides is 1. The van der Waals surface area contributed by atoms with Crippen molar-refractivity contribution in [3.05, 3.63) is 34.2 Å². The molecule has 6 heteroatoms. The van der Waals surface area contributed by atoms with Crippen molar-refractivity contribution in [2.45, 2.75) is 44.2 Å². The van der Waals surface area contributed by atoms with E-state index in [1.807, 2.05) is 0 Å². The molecule has 1 aromatic heterocycles. The van der Waals surface area contributed by atoms with E-state index in [2.05, 4.69) is 10.2 Å². The zero-order valence-corrected chi connectivity index (χ0v) is 14.9. The summed E-state index contributed by atoms with van der Waals surface area (Å²) in [6.07, 6.45) is 4.58. The van der Waals surface area contributed by atoms with Crippen molar-refractivity contribution in [2.75, 3.05) is 13.1 Å². The van der Waals surface area contributed by atoms with Gasteiger partial charge in [0.15, 0.2) is 0 Å². The molecule has 0 radical (unpaired) electrons. The summed E-state index contributed by atoms with van der Waals surface area (Å²) in [5, 5.41) is 3.71. The number of fused-ring (bicyclic) bond motifs is 3. The highest BCUT2D eigenvalue weighted by Gasteiger charge is 2.60. The van der Waals surface area contributed by atoms with Gasteiger partial charge in [-0.2, -0.15) is 0 Å². The van der Waals surface area contributed by atoms with E-state index in [4.69, 9.17) is 0 Å². The first-order valence-electron chi connectivity index (χ1n) is 8.94. The molecule has 2 aromatic rings. The maximum atomic E-state index is 14.3. The molecule has 1 aliphatic carbocycles. The standard InChI is InChI=1S/C19H20F2N2OS/c1-10-13(20)8-12-9-14(25-16(12)15(10)21)18(24)22-17-11-2-6-23(7-3-11)19(17)4-5-19/h8-9,11,17H,2-7H2,1H3,(H,22,24)/t17-/m1/s1. The molecule has 6 rings (SSSR count). The fraction of sp³-hybridized carbons (Fsp3) is 0.526. The van der Waals surface area contributed by atoms with Gasteiger partial charge in [0.25, 0.3) is 5.91 Å². The number of benzene rings is 1. The summed E-state index contributed by atoms with van der Waals surface area (Å²) >= 11 is 1.12. The molecule has 1 atom stereocenters. The number of carbonyl (C=O) groups is 1. The molecule has 4 heterocycles. The summed E-state index contributed by atoms with van der Waals surface area (Å²) in [5.41, 5.74) is 0.178. The lowest BCUT2D eigenvalue weighted by molar-refractivity contribution is -0.00138. The Labute approximate surface area is 149 Å². The quantitative estimate of drug-likeness (QED) is 0.880. The van der Waals surface area contributed by atoms with Gasteiger partial charge in [-0.25, -0.2) is 8.78 Å². The van der Waals surface area contributed by atoms with Crippen molar-refractivity contribution in [2.24, 2.45) is 5.92 Å². The van der Waals surface area contributed by atoms with Crippen molar-refractivity contribution >= 4 is 27.3 Å². The van der Waals surface area contributed by atoms with E-state index in [-0.39, 0.29) is 23.1 Å². The lowest BCUT2D eigenvalue weighted by atomic mass is 9.77. The van der Waals surface area contributed by atoms with Gasteiger partial charge in [-0.3, -0.25) is 9.69 Å². The van der Waals surface area contributed by atoms with Crippen LogP contribution >= 0.6 is 11.3 Å². The molecule has 25 heavy (non-hydrogen) atoms. The van der Waals surface area contributed by atoms with Gasteiger partial charge < -0.3 is 5.32 Å². The van der Waals surface area contributed by atoms with Crippen LogP contribution in [0.5, 0.6) is 0 Å². The molecule has 3 nitrogen and oxygen atoms in total. The summed E-state index contributed by atoms with van der Waals surface area (Å²) in [6.45, 7) is 3.71. The zero-order valence-electron chi connectivity index (χ0n) is 14.1. The van der Waals surface area contributed by atoms with Crippen molar-refractivity contribution < 1.29 is 13.6 Å². The second-order valence-corrected chi connectivity index (χ2v) is 8.76. The fourth-order valence-corrected chi connectivity index (χ4v) is 5.88. The van der Waals surface area contributed by atoms with Crippen LogP contribution in [0.2, 0.25) is 0 Å². The molecule has 2 bridgehead atoms. The van der Waals surface area contributed by atoms with E-state index in [0.29, 0.717) is 20.9 Å². The summed E-state index contributed by atoms with van der Waals surface area (Å²) in [6, 6.07) is 3.12. The number of piperidine rings is 3. The highest BCUT2D eigenvalue weighted by atomic mass is 32.1. The lowest BCUT2D eigenvalue weighted by Crippen LogP contribution is -2.65. The Morgan fingerprint density at radius 3 is 2.68 bits per heavy atom. The first-order valence-corrected chi connectivity index (χ1v) is 9.75. The summed E-state index contributed by atoms with van der Waals surface area (Å²) < 4.78 is 28.4. The minimum absolute atomic E-state index is 0.00984. The van der Waals surface area contributed by atoms with Crippen molar-refractivity contribution in [1.29, 1.82) is 0 Å². The van der Waals surface area contributed by atoms with Crippen molar-refractivity contribution in [1.82, 2.24) is 10.2 Å². The van der Waals surface area contributed by atoms with Gasteiger partial charge >= 0.3 is 0 Å². The first-order chi connectivity index (χ1) is 12.0. The van der Waals surface area contributed by atoms with E-state index < -0.39 is 11.6 Å². The molecule has 0 unspecified atom stereocenters. The van der Waals surface area contributed by atoms with Crippen molar-refractivity contribution in [3.8, 4) is 0 Å². The minimum Gasteiger partial charge on any atom is -0.346 e. The van der Waals surface area contributed by atoms with Crippen LogP contribution < -0.4 is 5.32 Å². The second-order valence-electron chi connectivity index (χ2n) is 7.71. The molecule has 1 N–H and O–H groups in total. The SMILES string of the molecule is Cc1c(F)cc2cc(C(=O)N[C@@H]3C4CCN(CC4)C34CC4)sc2c1F. The third kappa shape index (κ3) is 2.20. The maximum absolute atomic E-state index is 14.3. The molecular weight excluding hydrogens is 342 g/mol. The Balaban J connectivity index is 1.45. The van der Waals surface area contributed by atoms with Crippen LogP contribution in [0.3, 0.4) is 0 Å². The number of rotatable bonds is 2. The molecule has 1 aromatic carbocycles. The van der Waals surface area contributed by atoms with E-state index in [1.165, 1.54) is 13.0 Å². The predicted molar refractivity (Wildman–Crippen MR) is 94.0 cm³/mol. The molecule has 4 aliphatic rings. The normalized spacial score (nSPS) is 29.3. The van der Waals surface area contributed by atoms with Gasteiger partial charge in [-0.15, -0.1) is 11.3 Å². The average molecular weight is 362 g/mol. The summed E-state index contributed by atoms with van der Waals surface area (Å²) in [4.78, 5) is 15.8. The maximum Gasteiger partial charge on any atom is 0.261 e. The van der Waals surface area contributed by atoms with Gasteiger partial charge in [0.1, 0.15) is 11.6 Å². The van der Waals surface area contributed by atoms with Crippen LogP contribution in [-0.2, 0) is 0 Å². The van der Waals surface area contributed by atoms with Crippen LogP contribution in [-0.4, -0.2) is 35.5 Å². The second kappa shape index (κ2) is 5.24. The van der Waals surface area contributed by atoms with E-state index in [1.54, 1.807) is 6.07 Å². The first kappa shape index (κ1) is 15.7. The number of hydrogen-bond donors (Lipinski definition) is 1. The molecule has 1 spiro atoms. The van der Waals surface area contributed by atoms with E-state index in [0.717, 1.165) is 50.1 Å². The largest absolute Gasteiger partial charge is 0.346 e. The predicted octanol–water partition coefficient (Wildman–Crippen LogP) is 3.84. The molecule has 3 saturated heterocycles. The lowest BCUT2D eigenvalue weighted by Gasteiger charge is -2.52. The zero-order chi connectivity index (χ0) is 17.3. The van der Waals surface area contributed by atoms with Gasteiger partial charge in [0, 0.05) is 11.1 Å². The van der Waals surface area contributed by atoms with E-state index >= 15 is 0 Å². The smallest absolute Gasteiger partial charge is 0.261 e. The Morgan fingerprint density at radius 2 is 2.00 bits per heavy atom. The van der Waals surface area contributed by atoms with E-state index in [9.17, 15) is 13.6 Å². The topological polar surface area (TPSA) is 32.3 Å². The number of thiophene rings is 1. The number of hydrogen-bond acceptors (Lipinski definition) is 3. The third-order valence-corrected chi connectivity index (χ3v) is 7.56. The Kier molecular flexibility index (Phi) is 3.29. The Bertz CT molecular complexity index is 881. The van der Waals surface area contributed by atoms with Gasteiger partial charge in [-0.1, -0.05) is 0 Å². The van der Waals surface area contributed by atoms with Crippen molar-refractivity contribution in [3.63, 3.8) is 0 Å². The summed E-state index contributed by atoms with van der Waals surface area (Å²) in [5.74, 6) is -0.726. The number of nitrogens with one attached hydrogen (secondary N) is 1. The fourth-order valence-electron chi connectivity index (χ4n) is 4.85. The van der Waals surface area contributed by atoms with Crippen LogP contribution in [0.25, 0.3) is 10.1 Å². The van der Waals surface area contributed by atoms with Crippen LogP contribution in [0, 0.1) is 24.5 Å². The minimum atomic E-state index is -0.566. The number of nitrogens with zero attached hydrogens (tertiary/aromatic N) is 1. The Hall–Kier alpha value is -1.53. The number of halogens is 2. The van der Waals surface area contributed by atoms with Gasteiger partial charge in [-0.05, 0) is 69.1 Å². The molecular formula is C19H20F2N2OS. The molecule has 1 amide bonds. The van der Waals surface area contributed by atoms with Crippen LogP contribution in [0.15, 0.2) is 12.1 Å². The van der Waals surface area contributed by atoms with Gasteiger partial charge in [0.05, 0.1) is 15.6 Å². The summed E-state index contributed by atoms with van der Waals surface area (Å²) in [7, 11) is 0. The average Bonchev–Trinajstić information content (AvgIpc) is 3.27. The molecule has 4 fully saturated rings. The molecule has 3 aliphatic heterocycles.